The number of likely N-dealkylation sites (tertiary alicyclic amines) is 1. The van der Waals surface area contributed by atoms with Crippen LogP contribution in [0.15, 0.2) is 48.5 Å². The van der Waals surface area contributed by atoms with Gasteiger partial charge in [-0.1, -0.05) is 41.7 Å². The molecule has 0 unspecified atom stereocenters. The lowest BCUT2D eigenvalue weighted by molar-refractivity contribution is -0.128. The third-order valence-corrected chi connectivity index (χ3v) is 6.24. The number of methoxy groups -OCH3 is 1. The Labute approximate surface area is 189 Å². The zero-order valence-corrected chi connectivity index (χ0v) is 18.4. The molecular formula is C23H23FN4O3S. The van der Waals surface area contributed by atoms with Gasteiger partial charge in [0.1, 0.15) is 16.6 Å². The highest BCUT2D eigenvalue weighted by Crippen LogP contribution is 2.25. The fraction of sp³-hybridized carbons (Fsp3) is 0.304. The van der Waals surface area contributed by atoms with Crippen molar-refractivity contribution in [3.63, 3.8) is 0 Å². The minimum atomic E-state index is -0.433. The average Bonchev–Trinajstić information content (AvgIpc) is 3.39. The molecule has 166 valence electrons. The van der Waals surface area contributed by atoms with Gasteiger partial charge in [-0.2, -0.15) is 0 Å². The van der Waals surface area contributed by atoms with Crippen LogP contribution < -0.4 is 10.1 Å². The molecule has 1 aliphatic heterocycles. The van der Waals surface area contributed by atoms with Gasteiger partial charge in [-0.05, 0) is 30.2 Å². The summed E-state index contributed by atoms with van der Waals surface area (Å²) in [4.78, 5) is 26.7. The topological polar surface area (TPSA) is 84.4 Å². The predicted molar refractivity (Wildman–Crippen MR) is 119 cm³/mol. The van der Waals surface area contributed by atoms with Crippen molar-refractivity contribution in [2.45, 2.75) is 19.3 Å². The third-order valence-electron chi connectivity index (χ3n) is 5.40. The zero-order valence-electron chi connectivity index (χ0n) is 17.6. The first-order chi connectivity index (χ1) is 15.5. The Kier molecular flexibility index (Phi) is 6.75. The monoisotopic (exact) mass is 454 g/mol. The molecule has 0 saturated carbocycles. The summed E-state index contributed by atoms with van der Waals surface area (Å²) < 4.78 is 18.4. The number of ether oxygens (including phenoxy) is 1. The molecule has 2 heterocycles. The van der Waals surface area contributed by atoms with Gasteiger partial charge < -0.3 is 15.0 Å². The number of para-hydroxylation sites is 1. The van der Waals surface area contributed by atoms with E-state index in [9.17, 15) is 14.0 Å². The Morgan fingerprint density at radius 1 is 1.22 bits per heavy atom. The van der Waals surface area contributed by atoms with Crippen LogP contribution >= 0.6 is 11.3 Å². The normalized spacial score (nSPS) is 15.8. The molecule has 0 radical (unpaired) electrons. The van der Waals surface area contributed by atoms with E-state index in [1.807, 2.05) is 24.3 Å². The number of halogens is 1. The van der Waals surface area contributed by atoms with Crippen LogP contribution in [-0.2, 0) is 22.4 Å². The smallest absolute Gasteiger partial charge is 0.231 e. The first kappa shape index (κ1) is 21.9. The fourth-order valence-corrected chi connectivity index (χ4v) is 4.44. The molecule has 0 bridgehead atoms. The third kappa shape index (κ3) is 5.28. The van der Waals surface area contributed by atoms with Gasteiger partial charge in [0.15, 0.2) is 0 Å². The number of aromatic nitrogens is 2. The van der Waals surface area contributed by atoms with Crippen molar-refractivity contribution in [1.82, 2.24) is 15.1 Å². The lowest BCUT2D eigenvalue weighted by atomic mass is 10.1. The van der Waals surface area contributed by atoms with Crippen LogP contribution in [0.1, 0.15) is 22.6 Å². The largest absolute Gasteiger partial charge is 0.496 e. The van der Waals surface area contributed by atoms with Crippen LogP contribution in [-0.4, -0.2) is 47.1 Å². The molecule has 1 N–H and O–H groups in total. The van der Waals surface area contributed by atoms with Gasteiger partial charge in [0.25, 0.3) is 0 Å². The molecule has 1 atom stereocenters. The van der Waals surface area contributed by atoms with Crippen molar-refractivity contribution in [3.05, 3.63) is 70.5 Å². The molecule has 0 aliphatic carbocycles. The number of benzene rings is 2. The first-order valence-corrected chi connectivity index (χ1v) is 11.1. The number of amides is 2. The lowest BCUT2D eigenvalue weighted by Gasteiger charge is -2.16. The van der Waals surface area contributed by atoms with Gasteiger partial charge in [-0.25, -0.2) is 4.39 Å². The van der Waals surface area contributed by atoms with Crippen LogP contribution in [0.5, 0.6) is 5.75 Å². The fourth-order valence-electron chi connectivity index (χ4n) is 3.67. The Hall–Kier alpha value is -3.33. The summed E-state index contributed by atoms with van der Waals surface area (Å²) in [6.45, 7) is 0.856. The predicted octanol–water partition coefficient (Wildman–Crippen LogP) is 3.31. The Balaban J connectivity index is 1.30. The maximum Gasteiger partial charge on any atom is 0.231 e. The molecular weight excluding hydrogens is 431 g/mol. The Morgan fingerprint density at radius 3 is 2.78 bits per heavy atom. The van der Waals surface area contributed by atoms with Crippen molar-refractivity contribution in [1.29, 1.82) is 0 Å². The number of rotatable bonds is 8. The van der Waals surface area contributed by atoms with Crippen LogP contribution in [0.25, 0.3) is 0 Å². The molecule has 1 aliphatic rings. The zero-order chi connectivity index (χ0) is 22.5. The molecule has 32 heavy (non-hydrogen) atoms. The summed E-state index contributed by atoms with van der Waals surface area (Å²) >= 11 is 1.31. The molecule has 1 saturated heterocycles. The standard InChI is InChI=1S/C23H23FN4O3S/c1-31-19-5-3-2-4-16(19)12-20-26-27-23(32-20)25-22(30)17-13-21(29)28(14-17)11-10-15-6-8-18(24)9-7-15/h2-9,17H,10-14H2,1H3,(H,25,27,30)/t17-/m0/s1. The summed E-state index contributed by atoms with van der Waals surface area (Å²) in [5.41, 5.74) is 1.94. The lowest BCUT2D eigenvalue weighted by Crippen LogP contribution is -2.30. The second-order valence-corrected chi connectivity index (χ2v) is 8.66. The molecule has 3 aromatic rings. The quantitative estimate of drug-likeness (QED) is 0.565. The number of carbonyl (C=O) groups is 2. The highest BCUT2D eigenvalue weighted by Gasteiger charge is 2.34. The highest BCUT2D eigenvalue weighted by atomic mass is 32.1. The van der Waals surface area contributed by atoms with Crippen LogP contribution in [0, 0.1) is 11.7 Å². The Bertz CT molecular complexity index is 1100. The maximum absolute atomic E-state index is 13.0. The molecule has 9 heteroatoms. The molecule has 1 fully saturated rings. The van der Waals surface area contributed by atoms with E-state index in [4.69, 9.17) is 4.74 Å². The van der Waals surface area contributed by atoms with Crippen molar-refractivity contribution in [3.8, 4) is 5.75 Å². The van der Waals surface area contributed by atoms with Gasteiger partial charge in [0.2, 0.25) is 16.9 Å². The number of nitrogens with zero attached hydrogens (tertiary/aromatic N) is 3. The van der Waals surface area contributed by atoms with Gasteiger partial charge in [-0.15, -0.1) is 10.2 Å². The summed E-state index contributed by atoms with van der Waals surface area (Å²) in [5, 5.41) is 12.2. The van der Waals surface area contributed by atoms with Crippen LogP contribution in [0.2, 0.25) is 0 Å². The number of anilines is 1. The molecule has 0 spiro atoms. The number of hydrogen-bond acceptors (Lipinski definition) is 6. The molecule has 1 aromatic heterocycles. The summed E-state index contributed by atoms with van der Waals surface area (Å²) in [6, 6.07) is 13.9. The summed E-state index contributed by atoms with van der Waals surface area (Å²) in [5.74, 6) is -0.231. The van der Waals surface area contributed by atoms with E-state index in [-0.39, 0.29) is 24.1 Å². The highest BCUT2D eigenvalue weighted by molar-refractivity contribution is 7.15. The van der Waals surface area contributed by atoms with E-state index in [0.717, 1.165) is 21.9 Å². The van der Waals surface area contributed by atoms with Crippen molar-refractivity contribution >= 4 is 28.3 Å². The second-order valence-electron chi connectivity index (χ2n) is 7.60. The Morgan fingerprint density at radius 2 is 2.00 bits per heavy atom. The first-order valence-electron chi connectivity index (χ1n) is 10.3. The SMILES string of the molecule is COc1ccccc1Cc1nnc(NC(=O)[C@H]2CC(=O)N(CCc3ccc(F)cc3)C2)s1. The molecule has 2 aromatic carbocycles. The second kappa shape index (κ2) is 9.86. The molecule has 7 nitrogen and oxygen atoms in total. The van der Waals surface area contributed by atoms with E-state index in [1.165, 1.54) is 23.5 Å². The number of carbonyl (C=O) groups excluding carboxylic acids is 2. The average molecular weight is 455 g/mol. The summed E-state index contributed by atoms with van der Waals surface area (Å²) in [6.07, 6.45) is 1.34. The minimum absolute atomic E-state index is 0.0543. The van der Waals surface area contributed by atoms with Crippen molar-refractivity contribution in [2.24, 2.45) is 5.92 Å². The molecule has 4 rings (SSSR count). The number of hydrogen-bond donors (Lipinski definition) is 1. The van der Waals surface area contributed by atoms with E-state index in [0.29, 0.717) is 31.1 Å². The van der Waals surface area contributed by atoms with E-state index in [1.54, 1.807) is 24.1 Å². The van der Waals surface area contributed by atoms with Gasteiger partial charge in [-0.3, -0.25) is 9.59 Å². The van der Waals surface area contributed by atoms with Gasteiger partial charge in [0, 0.05) is 31.5 Å². The van der Waals surface area contributed by atoms with Gasteiger partial charge >= 0.3 is 0 Å². The van der Waals surface area contributed by atoms with E-state index >= 15 is 0 Å². The maximum atomic E-state index is 13.0. The molecule has 2 amide bonds. The van der Waals surface area contributed by atoms with E-state index in [2.05, 4.69) is 15.5 Å². The van der Waals surface area contributed by atoms with Crippen molar-refractivity contribution in [2.75, 3.05) is 25.5 Å². The van der Waals surface area contributed by atoms with Crippen molar-refractivity contribution < 1.29 is 18.7 Å². The van der Waals surface area contributed by atoms with Crippen LogP contribution in [0.4, 0.5) is 9.52 Å². The van der Waals surface area contributed by atoms with Crippen LogP contribution in [0.3, 0.4) is 0 Å². The summed E-state index contributed by atoms with van der Waals surface area (Å²) in [7, 11) is 1.62. The van der Waals surface area contributed by atoms with E-state index < -0.39 is 5.92 Å². The number of nitrogens with one attached hydrogen (secondary N) is 1. The van der Waals surface area contributed by atoms with Gasteiger partial charge in [0.05, 0.1) is 13.0 Å². The minimum Gasteiger partial charge on any atom is -0.496 e.